The lowest BCUT2D eigenvalue weighted by molar-refractivity contribution is -0.384. The summed E-state index contributed by atoms with van der Waals surface area (Å²) in [6.07, 6.45) is 0.115. The summed E-state index contributed by atoms with van der Waals surface area (Å²) in [6.45, 7) is 0. The van der Waals surface area contributed by atoms with Gasteiger partial charge in [0.1, 0.15) is 22.5 Å². The number of non-ortho nitro benzene ring substituents is 1. The number of carbonyl (C=O) groups is 2. The van der Waals surface area contributed by atoms with Crippen molar-refractivity contribution < 1.29 is 18.9 Å². The minimum Gasteiger partial charge on any atom is -0.321 e. The van der Waals surface area contributed by atoms with Gasteiger partial charge in [-0.15, -0.1) is 0 Å². The molecule has 11 heteroatoms. The van der Waals surface area contributed by atoms with Crippen molar-refractivity contribution in [3.05, 3.63) is 110 Å². The van der Waals surface area contributed by atoms with Gasteiger partial charge < -0.3 is 5.32 Å². The van der Waals surface area contributed by atoms with E-state index in [0.29, 0.717) is 16.3 Å². The lowest BCUT2D eigenvalue weighted by Crippen LogP contribution is -2.31. The highest BCUT2D eigenvalue weighted by Crippen LogP contribution is 2.42. The fraction of sp³-hybridized carbons (Fsp3) is 0.0800. The Bertz CT molecular complexity index is 1420. The Morgan fingerprint density at radius 2 is 1.86 bits per heavy atom. The molecule has 8 nitrogen and oxygen atoms in total. The number of nitriles is 1. The molecule has 1 unspecified atom stereocenters. The molecule has 1 saturated heterocycles. The van der Waals surface area contributed by atoms with Gasteiger partial charge >= 0.3 is 0 Å². The third kappa shape index (κ3) is 5.38. The molecule has 36 heavy (non-hydrogen) atoms. The second-order valence-electron chi connectivity index (χ2n) is 7.64. The quantitative estimate of drug-likeness (QED) is 0.199. The monoisotopic (exact) mass is 522 g/mol. The highest BCUT2D eigenvalue weighted by Gasteiger charge is 2.41. The van der Waals surface area contributed by atoms with Gasteiger partial charge in [-0.2, -0.15) is 5.26 Å². The summed E-state index contributed by atoms with van der Waals surface area (Å²) in [5, 5.41) is 23.4. The Kier molecular flexibility index (Phi) is 7.33. The predicted molar refractivity (Wildman–Crippen MR) is 135 cm³/mol. The molecule has 0 saturated carbocycles. The lowest BCUT2D eigenvalue weighted by atomic mass is 10.1. The Balaban J connectivity index is 1.72. The maximum Gasteiger partial charge on any atom is 0.269 e. The molecular formula is C25H16ClFN4O4S. The van der Waals surface area contributed by atoms with Gasteiger partial charge in [-0.3, -0.25) is 24.6 Å². The third-order valence-electron chi connectivity index (χ3n) is 5.23. The summed E-state index contributed by atoms with van der Waals surface area (Å²) >= 11 is 6.88. The first-order chi connectivity index (χ1) is 17.3. The summed E-state index contributed by atoms with van der Waals surface area (Å²) in [5.74, 6) is -1.70. The summed E-state index contributed by atoms with van der Waals surface area (Å²) in [4.78, 5) is 38.3. The largest absolute Gasteiger partial charge is 0.321 e. The minimum absolute atomic E-state index is 0.0796. The highest BCUT2D eigenvalue weighted by molar-refractivity contribution is 8.05. The van der Waals surface area contributed by atoms with Crippen molar-refractivity contribution in [2.24, 2.45) is 0 Å². The van der Waals surface area contributed by atoms with Crippen LogP contribution in [0.25, 0.3) is 0 Å². The molecular weight excluding hydrogens is 507 g/mol. The lowest BCUT2D eigenvalue weighted by Gasteiger charge is -2.18. The van der Waals surface area contributed by atoms with E-state index < -0.39 is 27.8 Å². The van der Waals surface area contributed by atoms with E-state index in [2.05, 4.69) is 5.32 Å². The number of nitro benzene ring substituents is 1. The van der Waals surface area contributed by atoms with Crippen LogP contribution in [0.5, 0.6) is 0 Å². The van der Waals surface area contributed by atoms with Crippen LogP contribution in [0.4, 0.5) is 21.5 Å². The molecule has 1 N–H and O–H groups in total. The van der Waals surface area contributed by atoms with Crippen molar-refractivity contribution >= 4 is 52.2 Å². The SMILES string of the molecule is N#CC(C(=O)Nc1ccc(Cl)cc1)=C1SC(Cc2cccc([N+](=O)[O-])c2)C(=O)N1c1ccc(F)cc1. The molecule has 3 aromatic carbocycles. The molecule has 4 rings (SSSR count). The van der Waals surface area contributed by atoms with E-state index in [-0.39, 0.29) is 28.4 Å². The number of nitrogens with zero attached hydrogens (tertiary/aromatic N) is 3. The van der Waals surface area contributed by atoms with Gasteiger partial charge in [0.25, 0.3) is 11.6 Å². The van der Waals surface area contributed by atoms with E-state index >= 15 is 0 Å². The van der Waals surface area contributed by atoms with Gasteiger partial charge in [0, 0.05) is 28.5 Å². The van der Waals surface area contributed by atoms with Gasteiger partial charge in [-0.1, -0.05) is 35.5 Å². The molecule has 0 radical (unpaired) electrons. The molecule has 0 aromatic heterocycles. The van der Waals surface area contributed by atoms with Crippen LogP contribution >= 0.6 is 23.4 Å². The normalized spacial score (nSPS) is 16.4. The number of halogens is 2. The first kappa shape index (κ1) is 24.9. The zero-order valence-corrected chi connectivity index (χ0v) is 19.9. The van der Waals surface area contributed by atoms with Crippen LogP contribution in [0, 0.1) is 27.3 Å². The maximum atomic E-state index is 13.6. The molecule has 0 aliphatic carbocycles. The Hall–Kier alpha value is -4.20. The molecule has 1 fully saturated rings. The molecule has 0 bridgehead atoms. The van der Waals surface area contributed by atoms with E-state index in [4.69, 9.17) is 11.6 Å². The first-order valence-corrected chi connectivity index (χ1v) is 11.7. The fourth-order valence-electron chi connectivity index (χ4n) is 3.55. The smallest absolute Gasteiger partial charge is 0.269 e. The number of hydrogen-bond donors (Lipinski definition) is 1. The van der Waals surface area contributed by atoms with Crippen molar-refractivity contribution in [1.82, 2.24) is 0 Å². The second kappa shape index (κ2) is 10.6. The topological polar surface area (TPSA) is 116 Å². The van der Waals surface area contributed by atoms with Crippen LogP contribution in [-0.2, 0) is 16.0 Å². The minimum atomic E-state index is -0.779. The van der Waals surface area contributed by atoms with Crippen LogP contribution < -0.4 is 10.2 Å². The zero-order chi connectivity index (χ0) is 25.8. The Labute approximate surface area is 214 Å². The zero-order valence-electron chi connectivity index (χ0n) is 18.4. The van der Waals surface area contributed by atoms with Gasteiger partial charge in [0.2, 0.25) is 5.91 Å². The van der Waals surface area contributed by atoms with Crippen molar-refractivity contribution in [2.75, 3.05) is 10.2 Å². The number of nitro groups is 1. The summed E-state index contributed by atoms with van der Waals surface area (Å²) in [5.41, 5.74) is 0.786. The molecule has 0 spiro atoms. The number of carbonyl (C=O) groups excluding carboxylic acids is 2. The van der Waals surface area contributed by atoms with Crippen LogP contribution in [0.1, 0.15) is 5.56 Å². The number of hydrogen-bond acceptors (Lipinski definition) is 6. The number of nitrogens with one attached hydrogen (secondary N) is 1. The molecule has 1 atom stereocenters. The molecule has 1 heterocycles. The standard InChI is InChI=1S/C25H16ClFN4O4S/c26-16-4-8-18(9-5-16)29-23(32)21(14-28)25-30(19-10-6-17(27)7-11-19)24(33)22(36-25)13-15-2-1-3-20(12-15)31(34)35/h1-12,22H,13H2,(H,29,32). The molecule has 3 aromatic rings. The number of amides is 2. The van der Waals surface area contributed by atoms with Crippen molar-refractivity contribution in [3.8, 4) is 6.07 Å². The van der Waals surface area contributed by atoms with Crippen molar-refractivity contribution in [1.29, 1.82) is 5.26 Å². The Morgan fingerprint density at radius 1 is 1.17 bits per heavy atom. The van der Waals surface area contributed by atoms with E-state index in [9.17, 15) is 29.4 Å². The summed E-state index contributed by atoms with van der Waals surface area (Å²) < 4.78 is 13.6. The van der Waals surface area contributed by atoms with Crippen LogP contribution in [0.15, 0.2) is 83.4 Å². The highest BCUT2D eigenvalue weighted by atomic mass is 35.5. The number of thioether (sulfide) groups is 1. The molecule has 1 aliphatic heterocycles. The van der Waals surface area contributed by atoms with Crippen LogP contribution in [0.3, 0.4) is 0 Å². The first-order valence-electron chi connectivity index (χ1n) is 10.5. The van der Waals surface area contributed by atoms with Gasteiger partial charge in [0.15, 0.2) is 0 Å². The van der Waals surface area contributed by atoms with E-state index in [1.165, 1.54) is 47.4 Å². The molecule has 180 valence electrons. The maximum absolute atomic E-state index is 13.6. The van der Waals surface area contributed by atoms with E-state index in [1.54, 1.807) is 30.3 Å². The van der Waals surface area contributed by atoms with Gasteiger partial charge in [-0.05, 0) is 60.5 Å². The van der Waals surface area contributed by atoms with E-state index in [1.807, 2.05) is 6.07 Å². The third-order valence-corrected chi connectivity index (χ3v) is 6.75. The van der Waals surface area contributed by atoms with Crippen LogP contribution in [-0.4, -0.2) is 22.0 Å². The average Bonchev–Trinajstić information content (AvgIpc) is 3.17. The predicted octanol–water partition coefficient (Wildman–Crippen LogP) is 5.45. The number of anilines is 2. The fourth-order valence-corrected chi connectivity index (χ4v) is 4.98. The average molecular weight is 523 g/mol. The molecule has 2 amide bonds. The summed E-state index contributed by atoms with van der Waals surface area (Å²) in [7, 11) is 0. The van der Waals surface area contributed by atoms with E-state index in [0.717, 1.165) is 11.8 Å². The molecule has 1 aliphatic rings. The van der Waals surface area contributed by atoms with Gasteiger partial charge in [0.05, 0.1) is 10.2 Å². The number of rotatable bonds is 6. The number of benzene rings is 3. The van der Waals surface area contributed by atoms with Crippen LogP contribution in [0.2, 0.25) is 5.02 Å². The van der Waals surface area contributed by atoms with Gasteiger partial charge in [-0.25, -0.2) is 4.39 Å². The second-order valence-corrected chi connectivity index (χ2v) is 9.27. The Morgan fingerprint density at radius 3 is 2.50 bits per heavy atom. The summed E-state index contributed by atoms with van der Waals surface area (Å²) in [6, 6.07) is 19.1. The van der Waals surface area contributed by atoms with Crippen molar-refractivity contribution in [2.45, 2.75) is 11.7 Å². The van der Waals surface area contributed by atoms with Crippen molar-refractivity contribution in [3.63, 3.8) is 0 Å².